The maximum atomic E-state index is 13.1. The van der Waals surface area contributed by atoms with E-state index in [0.29, 0.717) is 35.4 Å². The molecule has 1 aliphatic heterocycles. The summed E-state index contributed by atoms with van der Waals surface area (Å²) in [5.74, 6) is 0.285. The highest BCUT2D eigenvalue weighted by Crippen LogP contribution is 2.29. The Morgan fingerprint density at radius 3 is 2.12 bits per heavy atom. The summed E-state index contributed by atoms with van der Waals surface area (Å²) in [7, 11) is -2.22. The normalized spacial score (nSPS) is 12.9. The zero-order chi connectivity index (χ0) is 27.7. The lowest BCUT2D eigenvalue weighted by atomic mass is 10.1. The van der Waals surface area contributed by atoms with Gasteiger partial charge in [0.2, 0.25) is 0 Å². The van der Waals surface area contributed by atoms with Gasteiger partial charge in [-0.15, -0.1) is 37.2 Å². The molecule has 3 aromatic carbocycles. The van der Waals surface area contributed by atoms with E-state index in [1.54, 1.807) is 50.4 Å². The lowest BCUT2D eigenvalue weighted by Gasteiger charge is -2.37. The molecule has 42 heavy (non-hydrogen) atoms. The number of nitrogens with zero attached hydrogens (tertiary/aromatic N) is 3. The number of fused-ring (bicyclic) bond motifs is 1. The van der Waals surface area contributed by atoms with Gasteiger partial charge in [-0.25, -0.2) is 18.2 Å². The number of halogens is 3. The monoisotopic (exact) mass is 654 g/mol. The van der Waals surface area contributed by atoms with Gasteiger partial charge in [-0.3, -0.25) is 4.72 Å². The number of benzene rings is 3. The summed E-state index contributed by atoms with van der Waals surface area (Å²) >= 11 is 0. The van der Waals surface area contributed by atoms with Crippen molar-refractivity contribution >= 4 is 81.3 Å². The molecule has 2 heterocycles. The summed E-state index contributed by atoms with van der Waals surface area (Å²) in [6.07, 6.45) is 0. The molecule has 1 aliphatic rings. The molecular formula is C29H33Cl3N4O5S. The zero-order valence-corrected chi connectivity index (χ0v) is 26.5. The van der Waals surface area contributed by atoms with E-state index in [0.717, 1.165) is 30.1 Å². The second-order valence-electron chi connectivity index (χ2n) is 9.61. The average molecular weight is 656 g/mol. The van der Waals surface area contributed by atoms with Gasteiger partial charge < -0.3 is 19.6 Å². The van der Waals surface area contributed by atoms with Crippen LogP contribution in [-0.4, -0.2) is 57.8 Å². The topological polar surface area (TPSA) is 112 Å². The largest absolute Gasteiger partial charge is 0.497 e. The summed E-state index contributed by atoms with van der Waals surface area (Å²) in [5.41, 5.74) is 3.52. The number of rotatable bonds is 7. The third kappa shape index (κ3) is 7.30. The van der Waals surface area contributed by atoms with Crippen LogP contribution in [0.4, 0.5) is 17.2 Å². The molecule has 0 spiro atoms. The van der Waals surface area contributed by atoms with Gasteiger partial charge in [0.15, 0.2) is 0 Å². The van der Waals surface area contributed by atoms with Crippen LogP contribution in [0, 0.1) is 13.8 Å². The highest BCUT2D eigenvalue weighted by atomic mass is 35.5. The summed E-state index contributed by atoms with van der Waals surface area (Å²) in [4.78, 5) is 21.5. The van der Waals surface area contributed by atoms with Crippen molar-refractivity contribution < 1.29 is 23.1 Å². The van der Waals surface area contributed by atoms with Crippen LogP contribution in [-0.2, 0) is 10.0 Å². The van der Waals surface area contributed by atoms with E-state index in [2.05, 4.69) is 14.5 Å². The molecule has 0 unspecified atom stereocenters. The molecule has 0 saturated carbocycles. The van der Waals surface area contributed by atoms with Crippen molar-refractivity contribution in [2.75, 3.05) is 47.8 Å². The molecule has 1 saturated heterocycles. The minimum absolute atomic E-state index is 0. The van der Waals surface area contributed by atoms with Gasteiger partial charge >= 0.3 is 5.97 Å². The number of ether oxygens (including phenoxy) is 1. The summed E-state index contributed by atoms with van der Waals surface area (Å²) in [6.45, 7) is 6.51. The number of hydrogen-bond donors (Lipinski definition) is 2. The second kappa shape index (κ2) is 14.2. The van der Waals surface area contributed by atoms with Gasteiger partial charge in [0, 0.05) is 42.9 Å². The van der Waals surface area contributed by atoms with Crippen LogP contribution in [0.3, 0.4) is 0 Å². The summed E-state index contributed by atoms with van der Waals surface area (Å²) in [6, 6.07) is 19.4. The van der Waals surface area contributed by atoms with Crippen molar-refractivity contribution in [1.82, 2.24) is 4.98 Å². The molecule has 13 heteroatoms. The number of anilines is 3. The number of carboxylic acids is 1. The fourth-order valence-corrected chi connectivity index (χ4v) is 6.19. The van der Waals surface area contributed by atoms with Gasteiger partial charge in [-0.1, -0.05) is 17.7 Å². The molecule has 9 nitrogen and oxygen atoms in total. The van der Waals surface area contributed by atoms with E-state index < -0.39 is 16.0 Å². The molecule has 0 bridgehead atoms. The Morgan fingerprint density at radius 2 is 1.52 bits per heavy atom. The number of aryl methyl sites for hydroxylation is 2. The Balaban J connectivity index is 0.00000205. The third-order valence-electron chi connectivity index (χ3n) is 6.94. The fraction of sp³-hybridized carbons (Fsp3) is 0.241. The predicted molar refractivity (Wildman–Crippen MR) is 175 cm³/mol. The molecular weight excluding hydrogens is 623 g/mol. The first-order chi connectivity index (χ1) is 18.6. The molecule has 0 atom stereocenters. The Morgan fingerprint density at radius 1 is 0.881 bits per heavy atom. The van der Waals surface area contributed by atoms with Crippen molar-refractivity contribution in [3.63, 3.8) is 0 Å². The van der Waals surface area contributed by atoms with Crippen LogP contribution >= 0.6 is 37.2 Å². The Kier molecular flexibility index (Phi) is 11.7. The van der Waals surface area contributed by atoms with Crippen LogP contribution in [0.15, 0.2) is 71.6 Å². The number of carbonyl (C=O) groups is 1. The molecule has 1 aromatic heterocycles. The van der Waals surface area contributed by atoms with Gasteiger partial charge in [-0.05, 0) is 74.0 Å². The summed E-state index contributed by atoms with van der Waals surface area (Å²) in [5, 5.41) is 10.4. The van der Waals surface area contributed by atoms with Gasteiger partial charge in [-0.2, -0.15) is 0 Å². The van der Waals surface area contributed by atoms with Crippen LogP contribution in [0.1, 0.15) is 21.5 Å². The highest BCUT2D eigenvalue weighted by molar-refractivity contribution is 7.92. The van der Waals surface area contributed by atoms with Crippen molar-refractivity contribution in [1.29, 1.82) is 0 Å². The van der Waals surface area contributed by atoms with Crippen molar-refractivity contribution in [2.45, 2.75) is 18.7 Å². The molecule has 0 radical (unpaired) electrons. The molecule has 0 amide bonds. The quantitative estimate of drug-likeness (QED) is 0.251. The maximum Gasteiger partial charge on any atom is 0.336 e. The van der Waals surface area contributed by atoms with Crippen molar-refractivity contribution in [3.8, 4) is 5.75 Å². The van der Waals surface area contributed by atoms with Crippen molar-refractivity contribution in [2.24, 2.45) is 0 Å². The molecule has 5 rings (SSSR count). The Labute approximate surface area is 264 Å². The molecule has 226 valence electrons. The van der Waals surface area contributed by atoms with Crippen LogP contribution in [0.25, 0.3) is 10.9 Å². The lowest BCUT2D eigenvalue weighted by molar-refractivity contribution is 0.0699. The molecule has 0 aliphatic carbocycles. The van der Waals surface area contributed by atoms with E-state index in [1.165, 1.54) is 6.07 Å². The van der Waals surface area contributed by atoms with Crippen molar-refractivity contribution in [3.05, 3.63) is 83.4 Å². The Hall–Kier alpha value is -3.44. The number of carboxylic acid groups (broad SMARTS) is 1. The minimum Gasteiger partial charge on any atom is -0.497 e. The van der Waals surface area contributed by atoms with Gasteiger partial charge in [0.25, 0.3) is 10.0 Å². The number of sulfonamides is 1. The number of aromatic nitrogens is 1. The smallest absolute Gasteiger partial charge is 0.336 e. The molecule has 1 fully saturated rings. The first kappa shape index (κ1) is 34.8. The van der Waals surface area contributed by atoms with Gasteiger partial charge in [0.1, 0.15) is 11.6 Å². The van der Waals surface area contributed by atoms with Gasteiger partial charge in [0.05, 0.1) is 23.1 Å². The van der Waals surface area contributed by atoms with E-state index in [9.17, 15) is 18.3 Å². The number of pyridine rings is 1. The fourth-order valence-electron chi connectivity index (χ4n) is 4.91. The molecule has 2 N–H and O–H groups in total. The Bertz CT molecular complexity index is 1660. The summed E-state index contributed by atoms with van der Waals surface area (Å²) < 4.78 is 33.9. The lowest BCUT2D eigenvalue weighted by Crippen LogP contribution is -2.46. The van der Waals surface area contributed by atoms with E-state index in [1.807, 2.05) is 31.2 Å². The van der Waals surface area contributed by atoms with Crippen LogP contribution < -0.4 is 19.3 Å². The first-order valence-electron chi connectivity index (χ1n) is 12.6. The van der Waals surface area contributed by atoms with Crippen LogP contribution in [0.5, 0.6) is 5.75 Å². The minimum atomic E-state index is -3.86. The second-order valence-corrected chi connectivity index (χ2v) is 11.3. The van der Waals surface area contributed by atoms with E-state index in [-0.39, 0.29) is 53.4 Å². The SMILES string of the molecule is COc1ccc(N2CCN(c3cc(C(=O)O)c4cc(NS(=O)(=O)c5ccc(C)cc5C)ccc4n3)CC2)cc1.Cl.Cl.Cl. The maximum absolute atomic E-state index is 13.1. The first-order valence-corrected chi connectivity index (χ1v) is 14.0. The number of aromatic carboxylic acids is 1. The third-order valence-corrected chi connectivity index (χ3v) is 8.48. The average Bonchev–Trinajstić information content (AvgIpc) is 2.92. The zero-order valence-electron chi connectivity index (χ0n) is 23.2. The predicted octanol–water partition coefficient (Wildman–Crippen LogP) is 5.95. The number of nitrogens with one attached hydrogen (secondary N) is 1. The number of methoxy groups -OCH3 is 1. The molecule has 4 aromatic rings. The standard InChI is InChI=1S/C29H30N4O5S.3ClH/c1-19-4-11-27(20(2)16-19)39(36,37)31-21-5-10-26-24(17-21)25(29(34)35)18-28(30-26)33-14-12-32(13-15-33)22-6-8-23(38-3)9-7-22;;;/h4-11,16-18,31H,12-15H2,1-3H3,(H,34,35);3*1H. The number of hydrogen-bond acceptors (Lipinski definition) is 7. The number of piperazine rings is 1. The van der Waals surface area contributed by atoms with Crippen LogP contribution in [0.2, 0.25) is 0 Å². The van der Waals surface area contributed by atoms with E-state index in [4.69, 9.17) is 9.72 Å². The van der Waals surface area contributed by atoms with E-state index >= 15 is 0 Å². The highest BCUT2D eigenvalue weighted by Gasteiger charge is 2.22.